The first-order chi connectivity index (χ1) is 8.74. The summed E-state index contributed by atoms with van der Waals surface area (Å²) in [5, 5.41) is 0. The third-order valence-corrected chi connectivity index (χ3v) is 5.36. The van der Waals surface area contributed by atoms with Gasteiger partial charge in [0.1, 0.15) is 0 Å². The van der Waals surface area contributed by atoms with Crippen LogP contribution in [0.4, 0.5) is 0 Å². The van der Waals surface area contributed by atoms with Crippen LogP contribution in [0.5, 0.6) is 0 Å². The van der Waals surface area contributed by atoms with Gasteiger partial charge in [-0.1, -0.05) is 43.7 Å². The third-order valence-electron chi connectivity index (χ3n) is 5.36. The summed E-state index contributed by atoms with van der Waals surface area (Å²) in [5.41, 5.74) is 7.71. The van der Waals surface area contributed by atoms with Crippen molar-refractivity contribution in [2.24, 2.45) is 29.4 Å². The summed E-state index contributed by atoms with van der Waals surface area (Å²) in [6, 6.07) is 10.8. The minimum absolute atomic E-state index is 0.213. The van der Waals surface area contributed by atoms with Gasteiger partial charge in [-0.2, -0.15) is 0 Å². The molecule has 0 aliphatic heterocycles. The molecule has 0 saturated heterocycles. The van der Waals surface area contributed by atoms with Crippen molar-refractivity contribution in [3.63, 3.8) is 0 Å². The number of hydrogen-bond donors (Lipinski definition) is 1. The molecule has 1 aromatic rings. The topological polar surface area (TPSA) is 26.0 Å². The Bertz CT molecular complexity index is 386. The highest BCUT2D eigenvalue weighted by atomic mass is 14.6. The first-order valence-electron chi connectivity index (χ1n) is 7.54. The summed E-state index contributed by atoms with van der Waals surface area (Å²) in [6.07, 6.45) is 7.31. The highest BCUT2D eigenvalue weighted by Crippen LogP contribution is 2.50. The van der Waals surface area contributed by atoms with Crippen LogP contribution in [0.3, 0.4) is 0 Å². The van der Waals surface area contributed by atoms with E-state index in [4.69, 9.17) is 5.73 Å². The van der Waals surface area contributed by atoms with Crippen molar-refractivity contribution in [2.75, 3.05) is 0 Å². The van der Waals surface area contributed by atoms with Crippen molar-refractivity contribution in [3.8, 4) is 0 Å². The number of nitrogens with two attached hydrogens (primary N) is 1. The molecule has 0 heterocycles. The standard InChI is InChI=1S/C17H25N/c1-12(17(18)14-5-3-2-4-6-14)9-16-11-13-7-8-15(16)10-13/h2-6,12-13,15-17H,7-11,18H2,1H3. The first kappa shape index (κ1) is 12.2. The van der Waals surface area contributed by atoms with Crippen molar-refractivity contribution in [2.45, 2.75) is 45.1 Å². The fraction of sp³-hybridized carbons (Fsp3) is 0.647. The summed E-state index contributed by atoms with van der Waals surface area (Å²) >= 11 is 0. The van der Waals surface area contributed by atoms with E-state index >= 15 is 0 Å². The van der Waals surface area contributed by atoms with Gasteiger partial charge in [0.15, 0.2) is 0 Å². The lowest BCUT2D eigenvalue weighted by Crippen LogP contribution is -2.23. The summed E-state index contributed by atoms with van der Waals surface area (Å²) in [6.45, 7) is 2.34. The molecular weight excluding hydrogens is 218 g/mol. The molecule has 2 aliphatic rings. The van der Waals surface area contributed by atoms with Gasteiger partial charge in [0.05, 0.1) is 0 Å². The van der Waals surface area contributed by atoms with E-state index in [-0.39, 0.29) is 6.04 Å². The van der Waals surface area contributed by atoms with E-state index in [1.165, 1.54) is 37.7 Å². The second-order valence-electron chi connectivity index (χ2n) is 6.58. The van der Waals surface area contributed by atoms with E-state index in [0.29, 0.717) is 5.92 Å². The Morgan fingerprint density at radius 2 is 1.94 bits per heavy atom. The molecule has 0 spiro atoms. The first-order valence-corrected chi connectivity index (χ1v) is 7.54. The third kappa shape index (κ3) is 2.33. The van der Waals surface area contributed by atoms with Crippen LogP contribution < -0.4 is 5.73 Å². The van der Waals surface area contributed by atoms with Crippen LogP contribution in [0, 0.1) is 23.7 Å². The molecule has 98 valence electrons. The van der Waals surface area contributed by atoms with Crippen LogP contribution in [-0.2, 0) is 0 Å². The van der Waals surface area contributed by atoms with Gasteiger partial charge in [-0.3, -0.25) is 0 Å². The predicted octanol–water partition coefficient (Wildman–Crippen LogP) is 4.15. The maximum absolute atomic E-state index is 6.41. The lowest BCUT2D eigenvalue weighted by molar-refractivity contribution is 0.257. The number of hydrogen-bond acceptors (Lipinski definition) is 1. The molecule has 2 saturated carbocycles. The Kier molecular flexibility index (Phi) is 3.43. The van der Waals surface area contributed by atoms with E-state index in [9.17, 15) is 0 Å². The quantitative estimate of drug-likeness (QED) is 0.844. The Labute approximate surface area is 111 Å². The summed E-state index contributed by atoms with van der Waals surface area (Å²) < 4.78 is 0. The van der Waals surface area contributed by atoms with Gasteiger partial charge in [-0.05, 0) is 54.9 Å². The molecular formula is C17H25N. The molecule has 18 heavy (non-hydrogen) atoms. The van der Waals surface area contributed by atoms with E-state index in [2.05, 4.69) is 37.3 Å². The minimum Gasteiger partial charge on any atom is -0.324 e. The molecule has 2 fully saturated rings. The van der Waals surface area contributed by atoms with Crippen LogP contribution in [0.25, 0.3) is 0 Å². The maximum Gasteiger partial charge on any atom is 0.0320 e. The van der Waals surface area contributed by atoms with Gasteiger partial charge in [-0.15, -0.1) is 0 Å². The van der Waals surface area contributed by atoms with Crippen molar-refractivity contribution in [1.29, 1.82) is 0 Å². The molecule has 0 amide bonds. The predicted molar refractivity (Wildman–Crippen MR) is 76.1 cm³/mol. The Morgan fingerprint density at radius 1 is 1.17 bits per heavy atom. The molecule has 3 rings (SSSR count). The zero-order chi connectivity index (χ0) is 12.5. The number of benzene rings is 1. The normalized spacial score (nSPS) is 33.6. The molecule has 2 bridgehead atoms. The van der Waals surface area contributed by atoms with Crippen molar-refractivity contribution in [3.05, 3.63) is 35.9 Å². The zero-order valence-electron chi connectivity index (χ0n) is 11.4. The van der Waals surface area contributed by atoms with E-state index in [0.717, 1.165) is 17.8 Å². The SMILES string of the molecule is CC(CC1CC2CCC1C2)C(N)c1ccccc1. The highest BCUT2D eigenvalue weighted by Gasteiger charge is 2.40. The smallest absolute Gasteiger partial charge is 0.0320 e. The summed E-state index contributed by atoms with van der Waals surface area (Å²) in [4.78, 5) is 0. The fourth-order valence-electron chi connectivity index (χ4n) is 4.29. The van der Waals surface area contributed by atoms with Crippen LogP contribution in [0.1, 0.15) is 50.6 Å². The average molecular weight is 243 g/mol. The van der Waals surface area contributed by atoms with Crippen LogP contribution in [-0.4, -0.2) is 0 Å². The summed E-state index contributed by atoms with van der Waals surface area (Å²) in [5.74, 6) is 3.66. The molecule has 1 aromatic carbocycles. The minimum atomic E-state index is 0.213. The van der Waals surface area contributed by atoms with Gasteiger partial charge in [0.2, 0.25) is 0 Å². The fourth-order valence-corrected chi connectivity index (χ4v) is 4.29. The number of fused-ring (bicyclic) bond motifs is 2. The van der Waals surface area contributed by atoms with Gasteiger partial charge in [0.25, 0.3) is 0 Å². The van der Waals surface area contributed by atoms with Gasteiger partial charge < -0.3 is 5.73 Å². The van der Waals surface area contributed by atoms with E-state index in [1.807, 2.05) is 0 Å². The molecule has 1 heteroatoms. The molecule has 0 aromatic heterocycles. The molecule has 2 N–H and O–H groups in total. The Morgan fingerprint density at radius 3 is 2.56 bits per heavy atom. The highest BCUT2D eigenvalue weighted by molar-refractivity contribution is 5.19. The number of rotatable bonds is 4. The van der Waals surface area contributed by atoms with Gasteiger partial charge in [0, 0.05) is 6.04 Å². The monoisotopic (exact) mass is 243 g/mol. The lowest BCUT2D eigenvalue weighted by Gasteiger charge is -2.28. The lowest BCUT2D eigenvalue weighted by atomic mass is 9.79. The van der Waals surface area contributed by atoms with Crippen molar-refractivity contribution in [1.82, 2.24) is 0 Å². The van der Waals surface area contributed by atoms with Crippen molar-refractivity contribution >= 4 is 0 Å². The Balaban J connectivity index is 1.60. The van der Waals surface area contributed by atoms with Crippen LogP contribution in [0.2, 0.25) is 0 Å². The zero-order valence-corrected chi connectivity index (χ0v) is 11.4. The van der Waals surface area contributed by atoms with Crippen molar-refractivity contribution < 1.29 is 0 Å². The summed E-state index contributed by atoms with van der Waals surface area (Å²) in [7, 11) is 0. The molecule has 5 unspecified atom stereocenters. The molecule has 2 aliphatic carbocycles. The molecule has 0 radical (unpaired) electrons. The average Bonchev–Trinajstić information content (AvgIpc) is 3.01. The maximum atomic E-state index is 6.41. The largest absolute Gasteiger partial charge is 0.324 e. The van der Waals surface area contributed by atoms with Gasteiger partial charge >= 0.3 is 0 Å². The second kappa shape index (κ2) is 5.05. The second-order valence-corrected chi connectivity index (χ2v) is 6.58. The van der Waals surface area contributed by atoms with Gasteiger partial charge in [-0.25, -0.2) is 0 Å². The molecule has 5 atom stereocenters. The van der Waals surface area contributed by atoms with Crippen LogP contribution in [0.15, 0.2) is 30.3 Å². The van der Waals surface area contributed by atoms with Crippen LogP contribution >= 0.6 is 0 Å². The van der Waals surface area contributed by atoms with E-state index < -0.39 is 0 Å². The van der Waals surface area contributed by atoms with E-state index in [1.54, 1.807) is 0 Å². The Hall–Kier alpha value is -0.820. The molecule has 1 nitrogen and oxygen atoms in total.